The van der Waals surface area contributed by atoms with E-state index in [1.165, 1.54) is 0 Å². The molecule has 2 aromatic heterocycles. The monoisotopic (exact) mass is 326 g/mol. The number of amides is 1. The van der Waals surface area contributed by atoms with E-state index in [-0.39, 0.29) is 5.91 Å². The third kappa shape index (κ3) is 3.96. The van der Waals surface area contributed by atoms with Crippen molar-refractivity contribution in [1.82, 2.24) is 20.1 Å². The van der Waals surface area contributed by atoms with Crippen LogP contribution in [0.4, 0.5) is 0 Å². The molecule has 0 aliphatic heterocycles. The lowest BCUT2D eigenvalue weighted by Crippen LogP contribution is -2.27. The Balaban J connectivity index is 1.55. The number of nitrogens with zero attached hydrogens (tertiary/aromatic N) is 3. The summed E-state index contributed by atoms with van der Waals surface area (Å²) in [5.74, 6) is -0.146. The van der Waals surface area contributed by atoms with Crippen LogP contribution in [-0.2, 0) is 6.54 Å². The Morgan fingerprint density at radius 1 is 1.17 bits per heavy atom. The fourth-order valence-corrected chi connectivity index (χ4v) is 2.37. The maximum Gasteiger partial charge on any atom is 0.251 e. The number of halogens is 1. The van der Waals surface area contributed by atoms with Gasteiger partial charge in [-0.15, -0.1) is 0 Å². The summed E-state index contributed by atoms with van der Waals surface area (Å²) in [7, 11) is 0. The molecule has 3 aromatic rings. The summed E-state index contributed by atoms with van der Waals surface area (Å²) in [5.41, 5.74) is 2.56. The number of aromatic nitrogens is 3. The van der Waals surface area contributed by atoms with Crippen LogP contribution in [0.15, 0.2) is 61.2 Å². The fraction of sp³-hybridized carbons (Fsp3) is 0.118. The van der Waals surface area contributed by atoms with Crippen LogP contribution in [0.1, 0.15) is 10.4 Å². The van der Waals surface area contributed by atoms with Gasteiger partial charge in [0, 0.05) is 46.8 Å². The Kier molecular flexibility index (Phi) is 4.68. The highest BCUT2D eigenvalue weighted by Gasteiger charge is 2.06. The highest BCUT2D eigenvalue weighted by Crippen LogP contribution is 2.16. The van der Waals surface area contributed by atoms with Gasteiger partial charge in [-0.05, 0) is 24.3 Å². The van der Waals surface area contributed by atoms with Crippen molar-refractivity contribution in [3.63, 3.8) is 0 Å². The Bertz CT molecular complexity index is 801. The lowest BCUT2D eigenvalue weighted by molar-refractivity contribution is 0.0952. The Labute approximate surface area is 138 Å². The Hall–Kier alpha value is -2.66. The smallest absolute Gasteiger partial charge is 0.251 e. The van der Waals surface area contributed by atoms with Crippen LogP contribution >= 0.6 is 11.6 Å². The highest BCUT2D eigenvalue weighted by molar-refractivity contribution is 6.30. The minimum Gasteiger partial charge on any atom is -0.350 e. The van der Waals surface area contributed by atoms with Crippen LogP contribution in [0.2, 0.25) is 5.02 Å². The zero-order valence-corrected chi connectivity index (χ0v) is 13.1. The third-order valence-electron chi connectivity index (χ3n) is 3.34. The zero-order valence-electron chi connectivity index (χ0n) is 12.3. The predicted octanol–water partition coefficient (Wildman–Crippen LogP) is 3.03. The third-order valence-corrected chi connectivity index (χ3v) is 3.58. The molecule has 0 aliphatic rings. The van der Waals surface area contributed by atoms with Crippen LogP contribution in [0.3, 0.4) is 0 Å². The minimum absolute atomic E-state index is 0.146. The van der Waals surface area contributed by atoms with E-state index >= 15 is 0 Å². The molecule has 1 aromatic carbocycles. The molecule has 23 heavy (non-hydrogen) atoms. The van der Waals surface area contributed by atoms with E-state index in [1.54, 1.807) is 47.5 Å². The average Bonchev–Trinajstić information content (AvgIpc) is 3.04. The number of hydrogen-bond acceptors (Lipinski definition) is 3. The number of benzene rings is 1. The molecule has 1 amide bonds. The molecule has 2 heterocycles. The molecule has 1 N–H and O–H groups in total. The highest BCUT2D eigenvalue weighted by atomic mass is 35.5. The van der Waals surface area contributed by atoms with Crippen LogP contribution in [0, 0.1) is 0 Å². The van der Waals surface area contributed by atoms with E-state index in [4.69, 9.17) is 11.6 Å². The number of nitrogens with one attached hydrogen (secondary N) is 1. The van der Waals surface area contributed by atoms with Crippen LogP contribution < -0.4 is 5.32 Å². The quantitative estimate of drug-likeness (QED) is 0.784. The van der Waals surface area contributed by atoms with Crippen molar-refractivity contribution in [3.8, 4) is 11.1 Å². The van der Waals surface area contributed by atoms with Crippen LogP contribution in [-0.4, -0.2) is 27.2 Å². The molecule has 0 fully saturated rings. The molecule has 0 aliphatic carbocycles. The molecule has 0 radical (unpaired) electrons. The van der Waals surface area contributed by atoms with Gasteiger partial charge in [-0.25, -0.2) is 0 Å². The molecule has 116 valence electrons. The van der Waals surface area contributed by atoms with Gasteiger partial charge in [-0.3, -0.25) is 14.5 Å². The molecular weight excluding hydrogens is 312 g/mol. The zero-order chi connectivity index (χ0) is 16.1. The number of pyridine rings is 1. The number of carbonyl (C=O) groups is 1. The molecule has 0 atom stereocenters. The largest absolute Gasteiger partial charge is 0.350 e. The van der Waals surface area contributed by atoms with Crippen molar-refractivity contribution in [2.24, 2.45) is 0 Å². The van der Waals surface area contributed by atoms with E-state index < -0.39 is 0 Å². The molecule has 0 bridgehead atoms. The molecule has 0 saturated heterocycles. The van der Waals surface area contributed by atoms with Crippen LogP contribution in [0.5, 0.6) is 0 Å². The molecule has 6 heteroatoms. The summed E-state index contributed by atoms with van der Waals surface area (Å²) in [6, 6.07) is 10.7. The molecule has 5 nitrogen and oxygen atoms in total. The second-order valence-electron chi connectivity index (χ2n) is 5.00. The summed E-state index contributed by atoms with van der Waals surface area (Å²) in [4.78, 5) is 16.1. The standard InChI is InChI=1S/C17H15ClN4O/c18-16-5-1-3-13(9-16)17(23)20-7-8-22-12-15(11-21-22)14-4-2-6-19-10-14/h1-6,9-12H,7-8H2,(H,20,23). The van der Waals surface area contributed by atoms with Gasteiger partial charge in [0.15, 0.2) is 0 Å². The van der Waals surface area contributed by atoms with Gasteiger partial charge in [0.1, 0.15) is 0 Å². The van der Waals surface area contributed by atoms with Gasteiger partial charge in [0.25, 0.3) is 5.91 Å². The fourth-order valence-electron chi connectivity index (χ4n) is 2.18. The first kappa shape index (κ1) is 15.2. The van der Waals surface area contributed by atoms with Gasteiger partial charge in [0.05, 0.1) is 12.7 Å². The van der Waals surface area contributed by atoms with Crippen molar-refractivity contribution < 1.29 is 4.79 Å². The first-order valence-electron chi connectivity index (χ1n) is 7.19. The minimum atomic E-state index is -0.146. The molecule has 0 unspecified atom stereocenters. The predicted molar refractivity (Wildman–Crippen MR) is 89.2 cm³/mol. The van der Waals surface area contributed by atoms with Gasteiger partial charge < -0.3 is 5.32 Å². The topological polar surface area (TPSA) is 59.8 Å². The second kappa shape index (κ2) is 7.07. The average molecular weight is 327 g/mol. The van der Waals surface area contributed by atoms with E-state index in [0.717, 1.165) is 11.1 Å². The first-order chi connectivity index (χ1) is 11.2. The Morgan fingerprint density at radius 2 is 2.09 bits per heavy atom. The lowest BCUT2D eigenvalue weighted by Gasteiger charge is -2.05. The molecular formula is C17H15ClN4O. The lowest BCUT2D eigenvalue weighted by atomic mass is 10.2. The molecule has 3 rings (SSSR count). The van der Waals surface area contributed by atoms with Crippen molar-refractivity contribution in [1.29, 1.82) is 0 Å². The van der Waals surface area contributed by atoms with Gasteiger partial charge in [-0.1, -0.05) is 23.7 Å². The number of carbonyl (C=O) groups excluding carboxylic acids is 1. The summed E-state index contributed by atoms with van der Waals surface area (Å²) >= 11 is 5.88. The van der Waals surface area contributed by atoms with E-state index in [0.29, 0.717) is 23.7 Å². The van der Waals surface area contributed by atoms with E-state index in [9.17, 15) is 4.79 Å². The normalized spacial score (nSPS) is 10.5. The molecule has 0 saturated carbocycles. The summed E-state index contributed by atoms with van der Waals surface area (Å²) < 4.78 is 1.79. The number of hydrogen-bond donors (Lipinski definition) is 1. The summed E-state index contributed by atoms with van der Waals surface area (Å²) in [6.07, 6.45) is 7.25. The molecule has 0 spiro atoms. The van der Waals surface area contributed by atoms with Crippen molar-refractivity contribution >= 4 is 17.5 Å². The van der Waals surface area contributed by atoms with Crippen molar-refractivity contribution in [2.75, 3.05) is 6.54 Å². The van der Waals surface area contributed by atoms with E-state index in [1.807, 2.05) is 18.3 Å². The maximum absolute atomic E-state index is 12.0. The number of rotatable bonds is 5. The van der Waals surface area contributed by atoms with Gasteiger partial charge in [0.2, 0.25) is 0 Å². The van der Waals surface area contributed by atoms with Gasteiger partial charge in [-0.2, -0.15) is 5.10 Å². The summed E-state index contributed by atoms with van der Waals surface area (Å²) in [6.45, 7) is 1.08. The van der Waals surface area contributed by atoms with Crippen molar-refractivity contribution in [3.05, 3.63) is 71.8 Å². The second-order valence-corrected chi connectivity index (χ2v) is 5.44. The van der Waals surface area contributed by atoms with Crippen molar-refractivity contribution in [2.45, 2.75) is 6.54 Å². The summed E-state index contributed by atoms with van der Waals surface area (Å²) in [5, 5.41) is 7.69. The maximum atomic E-state index is 12.0. The van der Waals surface area contributed by atoms with Gasteiger partial charge >= 0.3 is 0 Å². The Morgan fingerprint density at radius 3 is 2.87 bits per heavy atom. The first-order valence-corrected chi connectivity index (χ1v) is 7.57. The van der Waals surface area contributed by atoms with E-state index in [2.05, 4.69) is 15.4 Å². The van der Waals surface area contributed by atoms with Crippen LogP contribution in [0.25, 0.3) is 11.1 Å². The SMILES string of the molecule is O=C(NCCn1cc(-c2cccnc2)cn1)c1cccc(Cl)c1.